The van der Waals surface area contributed by atoms with Crippen molar-refractivity contribution in [2.24, 2.45) is 11.1 Å². The third-order valence-corrected chi connectivity index (χ3v) is 6.00. The zero-order valence-electron chi connectivity index (χ0n) is 14.0. The highest BCUT2D eigenvalue weighted by Crippen LogP contribution is 2.39. The molecule has 2 aliphatic rings. The number of nitrogens with two attached hydrogens (primary N) is 1. The smallest absolute Gasteiger partial charge is 0.0330 e. The highest BCUT2D eigenvalue weighted by molar-refractivity contribution is 4.98. The van der Waals surface area contributed by atoms with Gasteiger partial charge in [0.2, 0.25) is 0 Å². The van der Waals surface area contributed by atoms with Crippen molar-refractivity contribution < 1.29 is 0 Å². The Morgan fingerprint density at radius 2 is 1.40 bits per heavy atom. The molecule has 0 aromatic carbocycles. The lowest BCUT2D eigenvalue weighted by molar-refractivity contribution is 0.0144. The van der Waals surface area contributed by atoms with Crippen LogP contribution in [0.1, 0.15) is 57.8 Å². The standard InChI is InChI=1S/C17H35N3/c1-19(2)17(11-8-12-17)15-20(3)14-16(13-18)9-6-4-5-7-10-16/h4-15,18H2,1-3H3. The van der Waals surface area contributed by atoms with Crippen molar-refractivity contribution in [2.75, 3.05) is 40.8 Å². The van der Waals surface area contributed by atoms with Gasteiger partial charge in [0, 0.05) is 18.6 Å². The Hall–Kier alpha value is -0.120. The summed E-state index contributed by atoms with van der Waals surface area (Å²) in [6.45, 7) is 3.27. The van der Waals surface area contributed by atoms with E-state index < -0.39 is 0 Å². The van der Waals surface area contributed by atoms with Crippen molar-refractivity contribution in [1.82, 2.24) is 9.80 Å². The average molecular weight is 281 g/mol. The van der Waals surface area contributed by atoms with Crippen LogP contribution in [0, 0.1) is 5.41 Å². The molecule has 0 unspecified atom stereocenters. The first-order chi connectivity index (χ1) is 9.52. The van der Waals surface area contributed by atoms with E-state index in [4.69, 9.17) is 5.73 Å². The summed E-state index contributed by atoms with van der Waals surface area (Å²) in [6, 6.07) is 0. The normalized spacial score (nSPS) is 25.5. The van der Waals surface area contributed by atoms with Crippen LogP contribution in [0.15, 0.2) is 0 Å². The largest absolute Gasteiger partial charge is 0.330 e. The summed E-state index contributed by atoms with van der Waals surface area (Å²) >= 11 is 0. The minimum atomic E-state index is 0.391. The van der Waals surface area contributed by atoms with Crippen LogP contribution in [0.2, 0.25) is 0 Å². The van der Waals surface area contributed by atoms with Gasteiger partial charge in [-0.25, -0.2) is 0 Å². The van der Waals surface area contributed by atoms with E-state index in [9.17, 15) is 0 Å². The molecule has 0 amide bonds. The summed E-state index contributed by atoms with van der Waals surface area (Å²) in [5.41, 5.74) is 7.02. The molecule has 0 radical (unpaired) electrons. The maximum absolute atomic E-state index is 6.19. The van der Waals surface area contributed by atoms with Crippen LogP contribution in [0.25, 0.3) is 0 Å². The minimum Gasteiger partial charge on any atom is -0.330 e. The molecule has 3 nitrogen and oxygen atoms in total. The second kappa shape index (κ2) is 6.76. The second-order valence-electron chi connectivity index (χ2n) is 7.76. The molecule has 2 N–H and O–H groups in total. The number of rotatable bonds is 6. The Kier molecular flexibility index (Phi) is 5.49. The van der Waals surface area contributed by atoms with Crippen LogP contribution in [-0.2, 0) is 0 Å². The fourth-order valence-electron chi connectivity index (χ4n) is 4.37. The summed E-state index contributed by atoms with van der Waals surface area (Å²) in [7, 11) is 6.81. The lowest BCUT2D eigenvalue weighted by Crippen LogP contribution is -2.58. The fourth-order valence-corrected chi connectivity index (χ4v) is 4.37. The van der Waals surface area contributed by atoms with Crippen molar-refractivity contribution in [1.29, 1.82) is 0 Å². The Labute approximate surface area is 125 Å². The molecule has 0 aromatic heterocycles. The number of nitrogens with zero attached hydrogens (tertiary/aromatic N) is 2. The SMILES string of the molecule is CN(CC1(CN)CCCCCC1)CC1(N(C)C)CCC1. The quantitative estimate of drug-likeness (QED) is 0.760. The van der Waals surface area contributed by atoms with Gasteiger partial charge in [0.25, 0.3) is 0 Å². The first-order valence-corrected chi connectivity index (χ1v) is 8.58. The molecule has 2 fully saturated rings. The van der Waals surface area contributed by atoms with Gasteiger partial charge in [0.05, 0.1) is 0 Å². The van der Waals surface area contributed by atoms with Crippen molar-refractivity contribution in [3.05, 3.63) is 0 Å². The summed E-state index contributed by atoms with van der Waals surface area (Å²) in [6.07, 6.45) is 12.4. The van der Waals surface area contributed by atoms with E-state index in [0.29, 0.717) is 11.0 Å². The first kappa shape index (κ1) is 16.3. The monoisotopic (exact) mass is 281 g/mol. The Bertz CT molecular complexity index is 289. The molecule has 0 atom stereocenters. The van der Waals surface area contributed by atoms with Crippen LogP contribution in [-0.4, -0.2) is 56.1 Å². The molecule has 0 saturated heterocycles. The van der Waals surface area contributed by atoms with Crippen LogP contribution in [0.5, 0.6) is 0 Å². The van der Waals surface area contributed by atoms with E-state index in [1.165, 1.54) is 70.9 Å². The highest BCUT2D eigenvalue weighted by atomic mass is 15.2. The summed E-state index contributed by atoms with van der Waals surface area (Å²) in [5, 5.41) is 0. The molecule has 118 valence electrons. The van der Waals surface area contributed by atoms with Crippen molar-refractivity contribution in [3.63, 3.8) is 0 Å². The van der Waals surface area contributed by atoms with Gasteiger partial charge in [-0.2, -0.15) is 0 Å². The molecule has 2 aliphatic carbocycles. The van der Waals surface area contributed by atoms with Crippen LogP contribution in [0.3, 0.4) is 0 Å². The second-order valence-corrected chi connectivity index (χ2v) is 7.76. The maximum Gasteiger partial charge on any atom is 0.0330 e. The number of hydrogen-bond donors (Lipinski definition) is 1. The maximum atomic E-state index is 6.19. The van der Waals surface area contributed by atoms with E-state index in [1.54, 1.807) is 0 Å². The van der Waals surface area contributed by atoms with Crippen molar-refractivity contribution in [3.8, 4) is 0 Å². The molecule has 2 rings (SSSR count). The molecule has 3 heteroatoms. The zero-order chi connectivity index (χ0) is 14.6. The Balaban J connectivity index is 1.93. The molecule has 0 aliphatic heterocycles. The van der Waals surface area contributed by atoms with Gasteiger partial charge in [0.15, 0.2) is 0 Å². The van der Waals surface area contributed by atoms with Gasteiger partial charge >= 0.3 is 0 Å². The molecular weight excluding hydrogens is 246 g/mol. The average Bonchev–Trinajstić information content (AvgIpc) is 2.59. The van der Waals surface area contributed by atoms with E-state index in [-0.39, 0.29) is 0 Å². The summed E-state index contributed by atoms with van der Waals surface area (Å²) in [4.78, 5) is 5.03. The first-order valence-electron chi connectivity index (χ1n) is 8.58. The van der Waals surface area contributed by atoms with E-state index >= 15 is 0 Å². The summed E-state index contributed by atoms with van der Waals surface area (Å²) in [5.74, 6) is 0. The number of hydrogen-bond acceptors (Lipinski definition) is 3. The lowest BCUT2D eigenvalue weighted by Gasteiger charge is -2.50. The third-order valence-electron chi connectivity index (χ3n) is 6.00. The highest BCUT2D eigenvalue weighted by Gasteiger charge is 2.41. The Morgan fingerprint density at radius 3 is 1.80 bits per heavy atom. The topological polar surface area (TPSA) is 32.5 Å². The van der Waals surface area contributed by atoms with Crippen molar-refractivity contribution >= 4 is 0 Å². The van der Waals surface area contributed by atoms with Gasteiger partial charge in [-0.05, 0) is 65.2 Å². The lowest BCUT2D eigenvalue weighted by atomic mass is 9.74. The summed E-state index contributed by atoms with van der Waals surface area (Å²) < 4.78 is 0. The van der Waals surface area contributed by atoms with Gasteiger partial charge < -0.3 is 15.5 Å². The zero-order valence-corrected chi connectivity index (χ0v) is 14.0. The van der Waals surface area contributed by atoms with Crippen LogP contribution >= 0.6 is 0 Å². The molecular formula is C17H35N3. The molecule has 0 spiro atoms. The van der Waals surface area contributed by atoms with Gasteiger partial charge in [-0.15, -0.1) is 0 Å². The van der Waals surface area contributed by atoms with Gasteiger partial charge in [-0.3, -0.25) is 0 Å². The van der Waals surface area contributed by atoms with Crippen LogP contribution < -0.4 is 5.73 Å². The molecule has 0 bridgehead atoms. The van der Waals surface area contributed by atoms with E-state index in [0.717, 1.165) is 6.54 Å². The third kappa shape index (κ3) is 3.55. The van der Waals surface area contributed by atoms with Crippen molar-refractivity contribution in [2.45, 2.75) is 63.3 Å². The molecule has 0 aromatic rings. The van der Waals surface area contributed by atoms with E-state index in [2.05, 4.69) is 30.9 Å². The fraction of sp³-hybridized carbons (Fsp3) is 1.00. The molecule has 0 heterocycles. The predicted molar refractivity (Wildman–Crippen MR) is 87.0 cm³/mol. The molecule has 2 saturated carbocycles. The van der Waals surface area contributed by atoms with Gasteiger partial charge in [0.1, 0.15) is 0 Å². The minimum absolute atomic E-state index is 0.391. The number of likely N-dealkylation sites (N-methyl/N-ethyl adjacent to an activating group) is 2. The van der Waals surface area contributed by atoms with Crippen LogP contribution in [0.4, 0.5) is 0 Å². The van der Waals surface area contributed by atoms with E-state index in [1.807, 2.05) is 0 Å². The predicted octanol–water partition coefficient (Wildman–Crippen LogP) is 2.70. The molecule has 20 heavy (non-hydrogen) atoms. The van der Waals surface area contributed by atoms with Gasteiger partial charge in [-0.1, -0.05) is 25.7 Å². The Morgan fingerprint density at radius 1 is 0.800 bits per heavy atom.